The Morgan fingerprint density at radius 1 is 1.19 bits per heavy atom. The lowest BCUT2D eigenvalue weighted by Gasteiger charge is -2.33. The van der Waals surface area contributed by atoms with Crippen molar-refractivity contribution in [1.82, 2.24) is 15.3 Å². The molecular formula is C24H27ClN4OS. The standard InChI is InChI=1S/C24H27ClN4OS/c1-15-21-20(14-31-15)27-22(16-6-4-7-16)28-23(21)29-11-9-17(10-12-29)24(30)26-13-18-5-2-3-8-19(18)25/h2-3,5,8,14,16-17H,4,6-7,9-13H2,1H3,(H,26,30). The van der Waals surface area contributed by atoms with Gasteiger partial charge >= 0.3 is 0 Å². The van der Waals surface area contributed by atoms with Crippen LogP contribution in [0.1, 0.15) is 54.3 Å². The first kappa shape index (κ1) is 20.7. The highest BCUT2D eigenvalue weighted by Gasteiger charge is 2.29. The molecule has 31 heavy (non-hydrogen) atoms. The molecule has 2 aliphatic rings. The summed E-state index contributed by atoms with van der Waals surface area (Å²) in [6, 6.07) is 7.65. The zero-order valence-electron chi connectivity index (χ0n) is 17.7. The highest BCUT2D eigenvalue weighted by atomic mass is 35.5. The quantitative estimate of drug-likeness (QED) is 0.556. The van der Waals surface area contributed by atoms with E-state index in [0.717, 1.165) is 48.7 Å². The molecule has 2 fully saturated rings. The Hall–Kier alpha value is -2.18. The predicted molar refractivity (Wildman–Crippen MR) is 127 cm³/mol. The molecule has 1 aromatic carbocycles. The number of hydrogen-bond donors (Lipinski definition) is 1. The Morgan fingerprint density at radius 3 is 2.68 bits per heavy atom. The monoisotopic (exact) mass is 454 g/mol. The average molecular weight is 455 g/mol. The molecule has 5 nitrogen and oxygen atoms in total. The predicted octanol–water partition coefficient (Wildman–Crippen LogP) is 5.45. The first-order chi connectivity index (χ1) is 15.1. The molecule has 1 N–H and O–H groups in total. The van der Waals surface area contributed by atoms with Gasteiger partial charge in [-0.2, -0.15) is 0 Å². The summed E-state index contributed by atoms with van der Waals surface area (Å²) in [6.45, 7) is 4.31. The van der Waals surface area contributed by atoms with Crippen molar-refractivity contribution in [3.05, 3.63) is 50.9 Å². The zero-order chi connectivity index (χ0) is 21.4. The number of rotatable bonds is 5. The molecule has 1 saturated heterocycles. The summed E-state index contributed by atoms with van der Waals surface area (Å²) in [5.74, 6) is 2.74. The Morgan fingerprint density at radius 2 is 1.97 bits per heavy atom. The van der Waals surface area contributed by atoms with Crippen molar-refractivity contribution < 1.29 is 4.79 Å². The van der Waals surface area contributed by atoms with Gasteiger partial charge in [0.05, 0.1) is 10.9 Å². The van der Waals surface area contributed by atoms with Crippen LogP contribution >= 0.6 is 22.9 Å². The van der Waals surface area contributed by atoms with Crippen LogP contribution in [-0.2, 0) is 11.3 Å². The molecule has 0 spiro atoms. The van der Waals surface area contributed by atoms with E-state index in [1.807, 2.05) is 24.3 Å². The van der Waals surface area contributed by atoms with E-state index in [4.69, 9.17) is 21.6 Å². The summed E-state index contributed by atoms with van der Waals surface area (Å²) in [5.41, 5.74) is 2.03. The minimum atomic E-state index is 0.0331. The van der Waals surface area contributed by atoms with Gasteiger partial charge in [-0.15, -0.1) is 11.3 Å². The van der Waals surface area contributed by atoms with Gasteiger partial charge in [-0.3, -0.25) is 4.79 Å². The third-order valence-corrected chi connectivity index (χ3v) is 7.95. The number of fused-ring (bicyclic) bond motifs is 1. The first-order valence-electron chi connectivity index (χ1n) is 11.1. The first-order valence-corrected chi connectivity index (χ1v) is 12.4. The van der Waals surface area contributed by atoms with Crippen molar-refractivity contribution in [2.75, 3.05) is 18.0 Å². The van der Waals surface area contributed by atoms with Crippen LogP contribution in [0.25, 0.3) is 10.9 Å². The van der Waals surface area contributed by atoms with E-state index in [-0.39, 0.29) is 11.8 Å². The molecule has 1 aliphatic carbocycles. The third kappa shape index (κ3) is 4.15. The zero-order valence-corrected chi connectivity index (χ0v) is 19.3. The second-order valence-electron chi connectivity index (χ2n) is 8.66. The highest BCUT2D eigenvalue weighted by Crippen LogP contribution is 2.39. The van der Waals surface area contributed by atoms with Crippen molar-refractivity contribution >= 4 is 45.6 Å². The Labute approximate surface area is 191 Å². The lowest BCUT2D eigenvalue weighted by atomic mass is 9.85. The molecule has 0 bridgehead atoms. The van der Waals surface area contributed by atoms with Gasteiger partial charge < -0.3 is 10.2 Å². The largest absolute Gasteiger partial charge is 0.356 e. The van der Waals surface area contributed by atoms with E-state index in [9.17, 15) is 4.79 Å². The van der Waals surface area contributed by atoms with Gasteiger partial charge in [0.25, 0.3) is 0 Å². The maximum atomic E-state index is 12.7. The van der Waals surface area contributed by atoms with Gasteiger partial charge in [-0.25, -0.2) is 9.97 Å². The molecule has 7 heteroatoms. The molecular weight excluding hydrogens is 428 g/mol. The number of halogens is 1. The molecule has 0 unspecified atom stereocenters. The van der Waals surface area contributed by atoms with Crippen LogP contribution in [0, 0.1) is 12.8 Å². The topological polar surface area (TPSA) is 58.1 Å². The van der Waals surface area contributed by atoms with Gasteiger partial charge in [0.2, 0.25) is 5.91 Å². The fourth-order valence-corrected chi connectivity index (χ4v) is 5.48. The number of piperidine rings is 1. The SMILES string of the molecule is Cc1scc2nc(C3CCC3)nc(N3CCC(C(=O)NCc4ccccc4Cl)CC3)c12. The van der Waals surface area contributed by atoms with Crippen molar-refractivity contribution in [1.29, 1.82) is 0 Å². The molecule has 0 radical (unpaired) electrons. The molecule has 2 aromatic heterocycles. The highest BCUT2D eigenvalue weighted by molar-refractivity contribution is 7.11. The van der Waals surface area contributed by atoms with E-state index >= 15 is 0 Å². The van der Waals surface area contributed by atoms with Crippen LogP contribution < -0.4 is 10.2 Å². The van der Waals surface area contributed by atoms with Gasteiger partial charge in [0, 0.05) is 46.7 Å². The van der Waals surface area contributed by atoms with E-state index < -0.39 is 0 Å². The number of benzene rings is 1. The lowest BCUT2D eigenvalue weighted by Crippen LogP contribution is -2.41. The maximum absolute atomic E-state index is 12.7. The smallest absolute Gasteiger partial charge is 0.223 e. The minimum Gasteiger partial charge on any atom is -0.356 e. The number of nitrogens with one attached hydrogen (secondary N) is 1. The molecule has 5 rings (SSSR count). The summed E-state index contributed by atoms with van der Waals surface area (Å²) in [7, 11) is 0. The number of thiophene rings is 1. The number of nitrogens with zero attached hydrogens (tertiary/aromatic N) is 3. The van der Waals surface area contributed by atoms with Gasteiger partial charge in [-0.1, -0.05) is 36.2 Å². The summed E-state index contributed by atoms with van der Waals surface area (Å²) in [6.07, 6.45) is 5.34. The second kappa shape index (κ2) is 8.75. The van der Waals surface area contributed by atoms with Gasteiger partial charge in [0.15, 0.2) is 0 Å². The molecule has 1 aliphatic heterocycles. The minimum absolute atomic E-state index is 0.0331. The van der Waals surface area contributed by atoms with Crippen LogP contribution in [-0.4, -0.2) is 29.0 Å². The Bertz CT molecular complexity index is 1100. The van der Waals surface area contributed by atoms with Crippen LogP contribution in [0.15, 0.2) is 29.6 Å². The van der Waals surface area contributed by atoms with Crippen LogP contribution in [0.2, 0.25) is 5.02 Å². The van der Waals surface area contributed by atoms with E-state index in [0.29, 0.717) is 17.5 Å². The summed E-state index contributed by atoms with van der Waals surface area (Å²) in [4.78, 5) is 26.3. The van der Waals surface area contributed by atoms with Crippen molar-refractivity contribution in [3.8, 4) is 0 Å². The van der Waals surface area contributed by atoms with Crippen molar-refractivity contribution in [3.63, 3.8) is 0 Å². The van der Waals surface area contributed by atoms with Gasteiger partial charge in [0.1, 0.15) is 11.6 Å². The lowest BCUT2D eigenvalue weighted by molar-refractivity contribution is -0.125. The number of aryl methyl sites for hydroxylation is 1. The fourth-order valence-electron chi connectivity index (χ4n) is 4.51. The van der Waals surface area contributed by atoms with Gasteiger partial charge in [-0.05, 0) is 44.2 Å². The summed E-state index contributed by atoms with van der Waals surface area (Å²) < 4.78 is 0. The fraction of sp³-hybridized carbons (Fsp3) is 0.458. The number of carbonyl (C=O) groups is 1. The number of anilines is 1. The van der Waals surface area contributed by atoms with E-state index in [1.165, 1.54) is 29.5 Å². The number of carbonyl (C=O) groups excluding carboxylic acids is 1. The molecule has 3 heterocycles. The average Bonchev–Trinajstić information content (AvgIpc) is 3.12. The van der Waals surface area contributed by atoms with E-state index in [1.54, 1.807) is 11.3 Å². The van der Waals surface area contributed by atoms with Crippen LogP contribution in [0.3, 0.4) is 0 Å². The number of hydrogen-bond acceptors (Lipinski definition) is 5. The maximum Gasteiger partial charge on any atom is 0.223 e. The third-order valence-electron chi connectivity index (χ3n) is 6.68. The second-order valence-corrected chi connectivity index (χ2v) is 10.1. The Balaban J connectivity index is 1.27. The summed E-state index contributed by atoms with van der Waals surface area (Å²) >= 11 is 7.96. The summed E-state index contributed by atoms with van der Waals surface area (Å²) in [5, 5.41) is 7.11. The Kier molecular flexibility index (Phi) is 5.85. The van der Waals surface area contributed by atoms with Crippen LogP contribution in [0.4, 0.5) is 5.82 Å². The molecule has 0 atom stereocenters. The van der Waals surface area contributed by atoms with Crippen molar-refractivity contribution in [2.24, 2.45) is 5.92 Å². The number of aromatic nitrogens is 2. The molecule has 3 aromatic rings. The molecule has 162 valence electrons. The normalized spacial score (nSPS) is 17.7. The van der Waals surface area contributed by atoms with E-state index in [2.05, 4.69) is 22.5 Å². The molecule has 1 saturated carbocycles. The number of amides is 1. The van der Waals surface area contributed by atoms with Crippen molar-refractivity contribution in [2.45, 2.75) is 51.5 Å². The molecule has 1 amide bonds. The van der Waals surface area contributed by atoms with Crippen LogP contribution in [0.5, 0.6) is 0 Å².